The topological polar surface area (TPSA) is 87.2 Å². The van der Waals surface area contributed by atoms with Crippen molar-refractivity contribution >= 4 is 0 Å². The molecule has 0 amide bonds. The molecule has 0 spiro atoms. The van der Waals surface area contributed by atoms with Gasteiger partial charge in [-0.3, -0.25) is 0 Å². The van der Waals surface area contributed by atoms with E-state index in [2.05, 4.69) is 27.5 Å². The monoisotopic (exact) mass is 357 g/mol. The Morgan fingerprint density at radius 2 is 2.04 bits per heavy atom. The fourth-order valence-corrected chi connectivity index (χ4v) is 2.37. The average Bonchev–Trinajstić information content (AvgIpc) is 3.29. The van der Waals surface area contributed by atoms with Gasteiger partial charge in [0.2, 0.25) is 0 Å². The first-order valence-corrected chi connectivity index (χ1v) is 8.48. The van der Waals surface area contributed by atoms with Crippen molar-refractivity contribution in [1.82, 2.24) is 25.2 Å². The lowest BCUT2D eigenvalue weighted by molar-refractivity contribution is 0.146. The summed E-state index contributed by atoms with van der Waals surface area (Å²) in [5.41, 5.74) is 1.43. The van der Waals surface area contributed by atoms with Crippen LogP contribution in [0.3, 0.4) is 0 Å². The second-order valence-electron chi connectivity index (χ2n) is 5.87. The van der Waals surface area contributed by atoms with Gasteiger partial charge in [0.05, 0.1) is 18.5 Å². The van der Waals surface area contributed by atoms with Crippen LogP contribution in [0, 0.1) is 0 Å². The molecule has 138 valence electrons. The van der Waals surface area contributed by atoms with Crippen molar-refractivity contribution in [2.75, 3.05) is 27.4 Å². The van der Waals surface area contributed by atoms with Crippen LogP contribution in [0.15, 0.2) is 41.1 Å². The number of para-hydroxylation sites is 1. The summed E-state index contributed by atoms with van der Waals surface area (Å²) >= 11 is 0. The normalized spacial score (nSPS) is 12.3. The van der Waals surface area contributed by atoms with Crippen LogP contribution >= 0.6 is 0 Å². The highest BCUT2D eigenvalue weighted by Gasteiger charge is 2.20. The quantitative estimate of drug-likeness (QED) is 0.587. The van der Waals surface area contributed by atoms with E-state index in [1.807, 2.05) is 37.4 Å². The lowest BCUT2D eigenvalue weighted by atomic mass is 10.2. The number of aromatic nitrogens is 4. The lowest BCUT2D eigenvalue weighted by Gasteiger charge is -2.04. The van der Waals surface area contributed by atoms with E-state index in [4.69, 9.17) is 14.0 Å². The molecule has 0 saturated heterocycles. The van der Waals surface area contributed by atoms with Gasteiger partial charge in [0.15, 0.2) is 17.3 Å². The first kappa shape index (κ1) is 18.1. The fraction of sp³-hybridized carbons (Fsp3) is 0.389. The third-order valence-corrected chi connectivity index (χ3v) is 3.90. The van der Waals surface area contributed by atoms with Gasteiger partial charge in [-0.15, -0.1) is 0 Å². The van der Waals surface area contributed by atoms with Gasteiger partial charge in [0.25, 0.3) is 5.89 Å². The molecule has 0 aliphatic rings. The second-order valence-corrected chi connectivity index (χ2v) is 5.87. The minimum atomic E-state index is 0.250. The van der Waals surface area contributed by atoms with Crippen LogP contribution in [0.4, 0.5) is 0 Å². The molecule has 0 aliphatic carbocycles. The molecular formula is C18H23N5O3. The van der Waals surface area contributed by atoms with Crippen LogP contribution in [0.1, 0.15) is 12.7 Å². The van der Waals surface area contributed by atoms with Crippen LogP contribution in [-0.4, -0.2) is 53.3 Å². The molecule has 1 N–H and O–H groups in total. The van der Waals surface area contributed by atoms with Crippen molar-refractivity contribution in [2.24, 2.45) is 0 Å². The molecule has 8 heteroatoms. The third-order valence-electron chi connectivity index (χ3n) is 3.90. The number of nitrogens with zero attached hydrogens (tertiary/aromatic N) is 4. The zero-order chi connectivity index (χ0) is 18.4. The van der Waals surface area contributed by atoms with E-state index in [0.717, 1.165) is 5.69 Å². The van der Waals surface area contributed by atoms with Crippen LogP contribution < -0.4 is 10.1 Å². The molecule has 1 atom stereocenters. The number of methoxy groups -OCH3 is 1. The number of hydrogen-bond acceptors (Lipinski definition) is 7. The van der Waals surface area contributed by atoms with Gasteiger partial charge in [-0.1, -0.05) is 23.4 Å². The molecule has 0 fully saturated rings. The Morgan fingerprint density at radius 3 is 2.77 bits per heavy atom. The van der Waals surface area contributed by atoms with Crippen molar-refractivity contribution in [3.8, 4) is 23.0 Å². The van der Waals surface area contributed by atoms with E-state index < -0.39 is 0 Å². The van der Waals surface area contributed by atoms with Gasteiger partial charge in [0.1, 0.15) is 6.61 Å². The van der Waals surface area contributed by atoms with Gasteiger partial charge in [0, 0.05) is 19.6 Å². The smallest absolute Gasteiger partial charge is 0.282 e. The van der Waals surface area contributed by atoms with Crippen molar-refractivity contribution in [3.63, 3.8) is 0 Å². The molecule has 26 heavy (non-hydrogen) atoms. The van der Waals surface area contributed by atoms with Gasteiger partial charge in [-0.25, -0.2) is 4.68 Å². The first-order chi connectivity index (χ1) is 12.7. The molecule has 3 aromatic rings. The number of likely N-dealkylation sites (N-methyl/N-ethyl adjacent to an activating group) is 1. The molecule has 0 radical (unpaired) electrons. The maximum Gasteiger partial charge on any atom is 0.282 e. The van der Waals surface area contributed by atoms with E-state index in [0.29, 0.717) is 42.8 Å². The highest BCUT2D eigenvalue weighted by Crippen LogP contribution is 2.29. The molecule has 0 aliphatic heterocycles. The van der Waals surface area contributed by atoms with Crippen LogP contribution in [0.25, 0.3) is 17.3 Å². The van der Waals surface area contributed by atoms with Gasteiger partial charge >= 0.3 is 0 Å². The third kappa shape index (κ3) is 4.27. The summed E-state index contributed by atoms with van der Waals surface area (Å²) in [7, 11) is 3.53. The minimum Gasteiger partial charge on any atom is -0.487 e. The zero-order valence-corrected chi connectivity index (χ0v) is 15.2. The lowest BCUT2D eigenvalue weighted by Crippen LogP contribution is -2.24. The fourth-order valence-electron chi connectivity index (χ4n) is 2.37. The number of nitrogens with one attached hydrogen (secondary N) is 1. The highest BCUT2D eigenvalue weighted by atomic mass is 16.5. The molecule has 3 rings (SSSR count). The number of hydrogen-bond donors (Lipinski definition) is 1. The number of ether oxygens (including phenoxy) is 2. The molecule has 1 aromatic carbocycles. The van der Waals surface area contributed by atoms with Crippen LogP contribution in [0.5, 0.6) is 5.75 Å². The van der Waals surface area contributed by atoms with Gasteiger partial charge in [-0.05, 0) is 26.1 Å². The summed E-state index contributed by atoms with van der Waals surface area (Å²) in [4.78, 5) is 4.46. The average molecular weight is 357 g/mol. The molecular weight excluding hydrogens is 334 g/mol. The Morgan fingerprint density at radius 1 is 1.23 bits per heavy atom. The molecule has 0 bridgehead atoms. The van der Waals surface area contributed by atoms with E-state index >= 15 is 0 Å². The molecule has 2 heterocycles. The zero-order valence-electron chi connectivity index (χ0n) is 15.2. The van der Waals surface area contributed by atoms with Gasteiger partial charge in [-0.2, -0.15) is 10.1 Å². The molecule has 8 nitrogen and oxygen atoms in total. The minimum absolute atomic E-state index is 0.250. The summed E-state index contributed by atoms with van der Waals surface area (Å²) in [6.07, 6.45) is 2.47. The summed E-state index contributed by atoms with van der Waals surface area (Å²) in [6, 6.07) is 10.0. The predicted octanol–water partition coefficient (Wildman–Crippen LogP) is 2.10. The van der Waals surface area contributed by atoms with E-state index in [9.17, 15) is 0 Å². The summed E-state index contributed by atoms with van der Waals surface area (Å²) < 4.78 is 18.0. The summed E-state index contributed by atoms with van der Waals surface area (Å²) in [5.74, 6) is 1.53. The Bertz CT molecular complexity index is 815. The standard InChI is InChI=1S/C18H23N5O3/c1-13(19-2)11-16-20-18(26-22-16)17-15(25-10-9-24-3)12-23(21-17)14-7-5-4-6-8-14/h4-8,12-13,19H,9-11H2,1-3H3. The number of benzene rings is 1. The van der Waals surface area contributed by atoms with Crippen LogP contribution in [0.2, 0.25) is 0 Å². The Labute approximate surface area is 152 Å². The number of rotatable bonds is 9. The van der Waals surface area contributed by atoms with E-state index in [1.54, 1.807) is 18.0 Å². The first-order valence-electron chi connectivity index (χ1n) is 8.48. The highest BCUT2D eigenvalue weighted by molar-refractivity contribution is 5.57. The molecule has 1 unspecified atom stereocenters. The summed E-state index contributed by atoms with van der Waals surface area (Å²) in [5, 5.41) is 11.8. The Hall–Kier alpha value is -2.71. The van der Waals surface area contributed by atoms with Crippen LogP contribution in [-0.2, 0) is 11.2 Å². The molecule has 2 aromatic heterocycles. The van der Waals surface area contributed by atoms with Crippen molar-refractivity contribution in [3.05, 3.63) is 42.4 Å². The molecule has 0 saturated carbocycles. The van der Waals surface area contributed by atoms with E-state index in [-0.39, 0.29) is 6.04 Å². The van der Waals surface area contributed by atoms with Crippen molar-refractivity contribution in [1.29, 1.82) is 0 Å². The van der Waals surface area contributed by atoms with Gasteiger partial charge < -0.3 is 19.3 Å². The second kappa shape index (κ2) is 8.59. The Kier molecular flexibility index (Phi) is 5.98. The largest absolute Gasteiger partial charge is 0.487 e. The predicted molar refractivity (Wildman–Crippen MR) is 96.5 cm³/mol. The maximum absolute atomic E-state index is 5.80. The van der Waals surface area contributed by atoms with Crippen molar-refractivity contribution in [2.45, 2.75) is 19.4 Å². The Balaban J connectivity index is 1.90. The maximum atomic E-state index is 5.80. The summed E-state index contributed by atoms with van der Waals surface area (Å²) in [6.45, 7) is 2.94. The van der Waals surface area contributed by atoms with E-state index in [1.165, 1.54) is 0 Å². The van der Waals surface area contributed by atoms with Crippen molar-refractivity contribution < 1.29 is 14.0 Å². The SMILES string of the molecule is CNC(C)Cc1noc(-c2nn(-c3ccccc3)cc2OCCOC)n1.